The van der Waals surface area contributed by atoms with Crippen LogP contribution in [0.15, 0.2) is 48.5 Å². The lowest BCUT2D eigenvalue weighted by Crippen LogP contribution is -2.25. The average molecular weight is 325 g/mol. The zero-order valence-corrected chi connectivity index (χ0v) is 13.7. The van der Waals surface area contributed by atoms with Crippen molar-refractivity contribution in [1.29, 1.82) is 0 Å². The monoisotopic (exact) mass is 325 g/mol. The maximum atomic E-state index is 10.9. The number of carbonyl (C=O) groups is 1. The van der Waals surface area contributed by atoms with E-state index in [-0.39, 0.29) is 5.69 Å². The number of anilines is 1. The first-order chi connectivity index (χ1) is 11.7. The van der Waals surface area contributed by atoms with Crippen LogP contribution < -0.4 is 5.32 Å². The number of carboxylic acids is 1. The molecule has 0 amide bonds. The third kappa shape index (κ3) is 4.55. The maximum absolute atomic E-state index is 10.9. The van der Waals surface area contributed by atoms with Gasteiger partial charge < -0.3 is 15.3 Å². The molecule has 0 radical (unpaired) electrons. The van der Waals surface area contributed by atoms with Crippen LogP contribution in [0.2, 0.25) is 0 Å². The maximum Gasteiger partial charge on any atom is 0.354 e. The fraction of sp³-hybridized carbons (Fsp3) is 0.368. The molecule has 1 unspecified atom stereocenters. The first kappa shape index (κ1) is 16.5. The number of nitrogens with one attached hydrogen (secondary N) is 1. The molecule has 0 saturated carbocycles. The van der Waals surface area contributed by atoms with Crippen LogP contribution in [0.1, 0.15) is 22.5 Å². The number of aromatic carboxylic acids is 1. The summed E-state index contributed by atoms with van der Waals surface area (Å²) in [6.45, 7) is 4.13. The van der Waals surface area contributed by atoms with Crippen LogP contribution in [0.5, 0.6) is 0 Å². The quantitative estimate of drug-likeness (QED) is 0.819. The largest absolute Gasteiger partial charge is 0.477 e. The summed E-state index contributed by atoms with van der Waals surface area (Å²) in [7, 11) is 0. The van der Waals surface area contributed by atoms with Gasteiger partial charge in [0.05, 0.1) is 0 Å². The predicted octanol–water partition coefficient (Wildman–Crippen LogP) is 2.76. The first-order valence-corrected chi connectivity index (χ1v) is 8.41. The SMILES string of the molecule is O=C(O)c1cccc(NCC2CCN(CCc3ccccc3)C2)n1. The molecule has 3 rings (SSSR count). The summed E-state index contributed by atoms with van der Waals surface area (Å²) >= 11 is 0. The van der Waals surface area contributed by atoms with Crippen molar-refractivity contribution in [2.75, 3.05) is 31.5 Å². The lowest BCUT2D eigenvalue weighted by molar-refractivity contribution is 0.0690. The molecule has 5 nitrogen and oxygen atoms in total. The van der Waals surface area contributed by atoms with E-state index >= 15 is 0 Å². The molecular weight excluding hydrogens is 302 g/mol. The van der Waals surface area contributed by atoms with Crippen LogP contribution in [0.3, 0.4) is 0 Å². The van der Waals surface area contributed by atoms with Crippen molar-refractivity contribution in [2.45, 2.75) is 12.8 Å². The number of benzene rings is 1. The van der Waals surface area contributed by atoms with Gasteiger partial charge in [0.1, 0.15) is 5.82 Å². The molecule has 5 heteroatoms. The third-order valence-corrected chi connectivity index (χ3v) is 4.47. The molecule has 0 spiro atoms. The van der Waals surface area contributed by atoms with Crippen LogP contribution in [0, 0.1) is 5.92 Å². The molecule has 2 heterocycles. The number of carboxylic acid groups (broad SMARTS) is 1. The van der Waals surface area contributed by atoms with Crippen molar-refractivity contribution in [1.82, 2.24) is 9.88 Å². The lowest BCUT2D eigenvalue weighted by atomic mass is 10.1. The molecule has 1 aliphatic rings. The van der Waals surface area contributed by atoms with Gasteiger partial charge in [-0.05, 0) is 43.0 Å². The Morgan fingerprint density at radius 1 is 1.21 bits per heavy atom. The second kappa shape index (κ2) is 7.93. The van der Waals surface area contributed by atoms with Gasteiger partial charge >= 0.3 is 5.97 Å². The van der Waals surface area contributed by atoms with Gasteiger partial charge in [-0.1, -0.05) is 36.4 Å². The second-order valence-electron chi connectivity index (χ2n) is 6.29. The molecule has 1 aliphatic heterocycles. The van der Waals surface area contributed by atoms with Gasteiger partial charge in [0, 0.05) is 19.6 Å². The highest BCUT2D eigenvalue weighted by Crippen LogP contribution is 2.17. The number of hydrogen-bond donors (Lipinski definition) is 2. The van der Waals surface area contributed by atoms with Crippen LogP contribution >= 0.6 is 0 Å². The van der Waals surface area contributed by atoms with Crippen LogP contribution in [0.25, 0.3) is 0 Å². The number of likely N-dealkylation sites (tertiary alicyclic amines) is 1. The average Bonchev–Trinajstić information content (AvgIpc) is 3.07. The number of pyridine rings is 1. The summed E-state index contributed by atoms with van der Waals surface area (Å²) in [5, 5.41) is 12.3. The van der Waals surface area contributed by atoms with Gasteiger partial charge in [-0.3, -0.25) is 0 Å². The topological polar surface area (TPSA) is 65.5 Å². The van der Waals surface area contributed by atoms with E-state index in [2.05, 4.69) is 45.5 Å². The third-order valence-electron chi connectivity index (χ3n) is 4.47. The van der Waals surface area contributed by atoms with Gasteiger partial charge in [0.25, 0.3) is 0 Å². The van der Waals surface area contributed by atoms with E-state index in [1.807, 2.05) is 6.07 Å². The highest BCUT2D eigenvalue weighted by Gasteiger charge is 2.22. The summed E-state index contributed by atoms with van der Waals surface area (Å²) in [6.07, 6.45) is 2.25. The van der Waals surface area contributed by atoms with E-state index < -0.39 is 5.97 Å². The van der Waals surface area contributed by atoms with E-state index in [0.717, 1.165) is 32.6 Å². The Morgan fingerprint density at radius 2 is 2.04 bits per heavy atom. The highest BCUT2D eigenvalue weighted by atomic mass is 16.4. The normalized spacial score (nSPS) is 17.8. The van der Waals surface area contributed by atoms with Crippen molar-refractivity contribution in [3.8, 4) is 0 Å². The number of nitrogens with zero attached hydrogens (tertiary/aromatic N) is 2. The Kier molecular flexibility index (Phi) is 5.43. The Labute approximate surface area is 142 Å². The molecule has 2 aromatic rings. The van der Waals surface area contributed by atoms with E-state index in [1.54, 1.807) is 6.07 Å². The van der Waals surface area contributed by atoms with Gasteiger partial charge in [-0.2, -0.15) is 0 Å². The predicted molar refractivity (Wildman–Crippen MR) is 94.4 cm³/mol. The van der Waals surface area contributed by atoms with Crippen LogP contribution in [-0.2, 0) is 6.42 Å². The smallest absolute Gasteiger partial charge is 0.354 e. The minimum Gasteiger partial charge on any atom is -0.477 e. The van der Waals surface area contributed by atoms with Crippen molar-refractivity contribution in [3.63, 3.8) is 0 Å². The molecule has 1 aromatic heterocycles. The molecule has 0 aliphatic carbocycles. The molecule has 2 N–H and O–H groups in total. The van der Waals surface area contributed by atoms with Gasteiger partial charge in [-0.15, -0.1) is 0 Å². The van der Waals surface area contributed by atoms with Crippen molar-refractivity contribution >= 4 is 11.8 Å². The molecule has 1 atom stereocenters. The van der Waals surface area contributed by atoms with Crippen molar-refractivity contribution in [2.24, 2.45) is 5.92 Å². The number of aromatic nitrogens is 1. The van der Waals surface area contributed by atoms with Crippen LogP contribution in [0.4, 0.5) is 5.82 Å². The molecular formula is C19H23N3O2. The van der Waals surface area contributed by atoms with Gasteiger partial charge in [-0.25, -0.2) is 9.78 Å². The number of hydrogen-bond acceptors (Lipinski definition) is 4. The minimum atomic E-state index is -0.994. The highest BCUT2D eigenvalue weighted by molar-refractivity contribution is 5.85. The number of rotatable bonds is 7. The molecule has 1 aromatic carbocycles. The van der Waals surface area contributed by atoms with Gasteiger partial charge in [0.15, 0.2) is 5.69 Å². The lowest BCUT2D eigenvalue weighted by Gasteiger charge is -2.16. The Hall–Kier alpha value is -2.40. The van der Waals surface area contributed by atoms with E-state index in [9.17, 15) is 4.79 Å². The first-order valence-electron chi connectivity index (χ1n) is 8.41. The van der Waals surface area contributed by atoms with E-state index in [4.69, 9.17) is 5.11 Å². The standard InChI is InChI=1S/C19H23N3O2/c23-19(24)17-7-4-8-18(21-17)20-13-16-10-12-22(14-16)11-9-15-5-2-1-3-6-15/h1-8,16H,9-14H2,(H,20,21)(H,23,24). The van der Waals surface area contributed by atoms with E-state index in [1.165, 1.54) is 18.1 Å². The zero-order chi connectivity index (χ0) is 16.8. The van der Waals surface area contributed by atoms with Crippen molar-refractivity contribution < 1.29 is 9.90 Å². The Balaban J connectivity index is 1.43. The molecule has 0 bridgehead atoms. The summed E-state index contributed by atoms with van der Waals surface area (Å²) in [5.41, 5.74) is 1.46. The fourth-order valence-electron chi connectivity index (χ4n) is 3.12. The molecule has 1 saturated heterocycles. The Morgan fingerprint density at radius 3 is 2.83 bits per heavy atom. The Bertz CT molecular complexity index is 675. The van der Waals surface area contributed by atoms with E-state index in [0.29, 0.717) is 11.7 Å². The summed E-state index contributed by atoms with van der Waals surface area (Å²) < 4.78 is 0. The molecule has 126 valence electrons. The molecule has 24 heavy (non-hydrogen) atoms. The summed E-state index contributed by atoms with van der Waals surface area (Å²) in [4.78, 5) is 17.6. The van der Waals surface area contributed by atoms with Crippen LogP contribution in [-0.4, -0.2) is 47.1 Å². The second-order valence-corrected chi connectivity index (χ2v) is 6.29. The fourth-order valence-corrected chi connectivity index (χ4v) is 3.12. The summed E-state index contributed by atoms with van der Waals surface area (Å²) in [6, 6.07) is 15.6. The zero-order valence-electron chi connectivity index (χ0n) is 13.7. The van der Waals surface area contributed by atoms with Crippen molar-refractivity contribution in [3.05, 3.63) is 59.8 Å². The minimum absolute atomic E-state index is 0.0795. The molecule has 1 fully saturated rings. The summed E-state index contributed by atoms with van der Waals surface area (Å²) in [5.74, 6) is 0.222. The van der Waals surface area contributed by atoms with Gasteiger partial charge in [0.2, 0.25) is 0 Å².